The molecule has 1 heterocycles. The molecule has 0 bridgehead atoms. The second kappa shape index (κ2) is 3.89. The van der Waals surface area contributed by atoms with Crippen LogP contribution in [0.4, 0.5) is 0 Å². The highest BCUT2D eigenvalue weighted by atomic mass is 16.3. The Labute approximate surface area is 112 Å². The molecule has 1 aromatic heterocycles. The lowest BCUT2D eigenvalue weighted by Gasteiger charge is -2.22. The first-order valence-electron chi connectivity index (χ1n) is 6.32. The lowest BCUT2D eigenvalue weighted by molar-refractivity contribution is 0.457. The summed E-state index contributed by atoms with van der Waals surface area (Å²) in [5, 5.41) is 12.3. The molecule has 0 unspecified atom stereocenters. The number of para-hydroxylation sites is 1. The number of phenols is 1. The molecule has 1 N–H and O–H groups in total. The molecule has 0 saturated carbocycles. The second-order valence-electron chi connectivity index (χ2n) is 5.36. The van der Waals surface area contributed by atoms with Crippen molar-refractivity contribution < 1.29 is 9.52 Å². The van der Waals surface area contributed by atoms with Crippen molar-refractivity contribution in [2.24, 2.45) is 0 Å². The van der Waals surface area contributed by atoms with Gasteiger partial charge in [-0.2, -0.15) is 0 Å². The fraction of sp³-hybridized carbons (Fsp3) is 0.176. The molecule has 0 fully saturated rings. The zero-order valence-electron chi connectivity index (χ0n) is 11.1. The molecular weight excluding hydrogens is 236 g/mol. The van der Waals surface area contributed by atoms with E-state index in [4.69, 9.17) is 4.42 Å². The number of hydrogen-bond acceptors (Lipinski definition) is 2. The Morgan fingerprint density at radius 2 is 1.84 bits per heavy atom. The standard InChI is InChI=1S/C17H16O2/c1-4-17(2,3)16-12(18)9-10-14-15(16)11-7-5-6-8-13(11)19-14/h4-10,18H,1H2,2-3H3. The van der Waals surface area contributed by atoms with Gasteiger partial charge in [0.25, 0.3) is 0 Å². The van der Waals surface area contributed by atoms with Crippen LogP contribution in [0.15, 0.2) is 53.5 Å². The Balaban J connectivity index is 2.55. The van der Waals surface area contributed by atoms with E-state index in [0.29, 0.717) is 0 Å². The van der Waals surface area contributed by atoms with Crippen LogP contribution in [0.1, 0.15) is 19.4 Å². The highest BCUT2D eigenvalue weighted by Crippen LogP contribution is 2.42. The topological polar surface area (TPSA) is 33.4 Å². The molecule has 0 atom stereocenters. The third-order valence-electron chi connectivity index (χ3n) is 3.68. The number of phenolic OH excluding ortho intramolecular Hbond substituents is 1. The lowest BCUT2D eigenvalue weighted by atomic mass is 9.81. The maximum atomic E-state index is 10.3. The molecular formula is C17H16O2. The van der Waals surface area contributed by atoms with Crippen LogP contribution >= 0.6 is 0 Å². The summed E-state index contributed by atoms with van der Waals surface area (Å²) in [5.41, 5.74) is 2.18. The summed E-state index contributed by atoms with van der Waals surface area (Å²) in [5.74, 6) is 0.281. The average Bonchev–Trinajstić information content (AvgIpc) is 2.77. The molecule has 0 radical (unpaired) electrons. The van der Waals surface area contributed by atoms with Crippen molar-refractivity contribution in [3.05, 3.63) is 54.6 Å². The van der Waals surface area contributed by atoms with Crippen LogP contribution in [0.2, 0.25) is 0 Å². The van der Waals surface area contributed by atoms with E-state index in [-0.39, 0.29) is 11.2 Å². The highest BCUT2D eigenvalue weighted by Gasteiger charge is 2.25. The molecule has 96 valence electrons. The molecule has 19 heavy (non-hydrogen) atoms. The van der Waals surface area contributed by atoms with Crippen LogP contribution in [-0.2, 0) is 5.41 Å². The zero-order chi connectivity index (χ0) is 13.6. The fourth-order valence-corrected chi connectivity index (χ4v) is 2.56. The lowest BCUT2D eigenvalue weighted by Crippen LogP contribution is -2.13. The average molecular weight is 252 g/mol. The van der Waals surface area contributed by atoms with Gasteiger partial charge in [-0.05, 0) is 18.2 Å². The van der Waals surface area contributed by atoms with E-state index in [1.165, 1.54) is 0 Å². The Morgan fingerprint density at radius 3 is 2.58 bits per heavy atom. The van der Waals surface area contributed by atoms with Crippen molar-refractivity contribution in [1.29, 1.82) is 0 Å². The predicted octanol–water partition coefficient (Wildman–Crippen LogP) is 4.76. The minimum Gasteiger partial charge on any atom is -0.508 e. The molecule has 2 aromatic carbocycles. The van der Waals surface area contributed by atoms with Crippen molar-refractivity contribution in [3.8, 4) is 5.75 Å². The predicted molar refractivity (Wildman–Crippen MR) is 78.6 cm³/mol. The van der Waals surface area contributed by atoms with Crippen molar-refractivity contribution in [2.75, 3.05) is 0 Å². The maximum Gasteiger partial charge on any atom is 0.136 e. The van der Waals surface area contributed by atoms with E-state index in [9.17, 15) is 5.11 Å². The van der Waals surface area contributed by atoms with Gasteiger partial charge in [0.1, 0.15) is 16.9 Å². The summed E-state index contributed by atoms with van der Waals surface area (Å²) in [6, 6.07) is 11.4. The third kappa shape index (κ3) is 1.64. The van der Waals surface area contributed by atoms with E-state index >= 15 is 0 Å². The van der Waals surface area contributed by atoms with Gasteiger partial charge in [0, 0.05) is 21.8 Å². The Hall–Kier alpha value is -2.22. The van der Waals surface area contributed by atoms with Gasteiger partial charge >= 0.3 is 0 Å². The van der Waals surface area contributed by atoms with Crippen molar-refractivity contribution in [1.82, 2.24) is 0 Å². The largest absolute Gasteiger partial charge is 0.508 e. The normalized spacial score (nSPS) is 12.1. The molecule has 0 aliphatic carbocycles. The Kier molecular flexibility index (Phi) is 2.42. The molecule has 2 heteroatoms. The van der Waals surface area contributed by atoms with Crippen molar-refractivity contribution >= 4 is 21.9 Å². The smallest absolute Gasteiger partial charge is 0.136 e. The van der Waals surface area contributed by atoms with Crippen LogP contribution in [0.3, 0.4) is 0 Å². The van der Waals surface area contributed by atoms with Crippen LogP contribution in [0.25, 0.3) is 21.9 Å². The van der Waals surface area contributed by atoms with E-state index in [2.05, 4.69) is 6.58 Å². The highest BCUT2D eigenvalue weighted by molar-refractivity contribution is 6.08. The summed E-state index contributed by atoms with van der Waals surface area (Å²) in [6.07, 6.45) is 1.85. The van der Waals surface area contributed by atoms with E-state index < -0.39 is 0 Å². The number of rotatable bonds is 2. The molecule has 0 amide bonds. The number of fused-ring (bicyclic) bond motifs is 3. The Bertz CT molecular complexity index is 778. The van der Waals surface area contributed by atoms with Crippen LogP contribution in [-0.4, -0.2) is 5.11 Å². The zero-order valence-corrected chi connectivity index (χ0v) is 11.1. The number of aromatic hydroxyl groups is 1. The molecule has 3 aromatic rings. The number of allylic oxidation sites excluding steroid dienone is 1. The second-order valence-corrected chi connectivity index (χ2v) is 5.36. The van der Waals surface area contributed by atoms with Crippen LogP contribution in [0, 0.1) is 0 Å². The van der Waals surface area contributed by atoms with Gasteiger partial charge in [0.05, 0.1) is 0 Å². The van der Waals surface area contributed by atoms with Gasteiger partial charge in [0.15, 0.2) is 0 Å². The van der Waals surface area contributed by atoms with E-state index in [1.807, 2.05) is 50.3 Å². The monoisotopic (exact) mass is 252 g/mol. The van der Waals surface area contributed by atoms with E-state index in [0.717, 1.165) is 27.5 Å². The molecule has 2 nitrogen and oxygen atoms in total. The number of furan rings is 1. The van der Waals surface area contributed by atoms with Gasteiger partial charge in [-0.3, -0.25) is 0 Å². The van der Waals surface area contributed by atoms with Gasteiger partial charge in [-0.15, -0.1) is 6.58 Å². The van der Waals surface area contributed by atoms with Crippen LogP contribution < -0.4 is 0 Å². The van der Waals surface area contributed by atoms with Crippen LogP contribution in [0.5, 0.6) is 5.75 Å². The minimum absolute atomic E-state index is 0.281. The fourth-order valence-electron chi connectivity index (χ4n) is 2.56. The quantitative estimate of drug-likeness (QED) is 0.667. The van der Waals surface area contributed by atoms with Gasteiger partial charge < -0.3 is 9.52 Å². The Morgan fingerprint density at radius 1 is 1.11 bits per heavy atom. The first kappa shape index (κ1) is 11.8. The third-order valence-corrected chi connectivity index (χ3v) is 3.68. The van der Waals surface area contributed by atoms with E-state index in [1.54, 1.807) is 6.07 Å². The number of hydrogen-bond donors (Lipinski definition) is 1. The van der Waals surface area contributed by atoms with Gasteiger partial charge in [-0.25, -0.2) is 0 Å². The molecule has 0 saturated heterocycles. The molecule has 0 aliphatic heterocycles. The van der Waals surface area contributed by atoms with Crippen molar-refractivity contribution in [2.45, 2.75) is 19.3 Å². The van der Waals surface area contributed by atoms with Gasteiger partial charge in [0.2, 0.25) is 0 Å². The first-order valence-corrected chi connectivity index (χ1v) is 6.32. The molecule has 3 rings (SSSR count). The van der Waals surface area contributed by atoms with Gasteiger partial charge in [-0.1, -0.05) is 38.1 Å². The minimum atomic E-state index is -0.323. The summed E-state index contributed by atoms with van der Waals surface area (Å²) >= 11 is 0. The summed E-state index contributed by atoms with van der Waals surface area (Å²) in [4.78, 5) is 0. The summed E-state index contributed by atoms with van der Waals surface area (Å²) in [6.45, 7) is 7.96. The summed E-state index contributed by atoms with van der Waals surface area (Å²) in [7, 11) is 0. The van der Waals surface area contributed by atoms with Crippen molar-refractivity contribution in [3.63, 3.8) is 0 Å². The molecule has 0 aliphatic rings. The summed E-state index contributed by atoms with van der Waals surface area (Å²) < 4.78 is 5.84. The maximum absolute atomic E-state index is 10.3. The number of benzene rings is 2. The molecule has 0 spiro atoms. The first-order chi connectivity index (χ1) is 9.04. The SMILES string of the molecule is C=CC(C)(C)c1c(O)ccc2oc3ccccc3c12.